The normalized spacial score (nSPS) is 10.9. The number of ether oxygens (including phenoxy) is 6. The first-order valence-electron chi connectivity index (χ1n) is 10.3. The monoisotopic (exact) mass is 456 g/mol. The predicted molar refractivity (Wildman–Crippen MR) is 118 cm³/mol. The van der Waals surface area contributed by atoms with E-state index in [1.54, 1.807) is 20.8 Å². The summed E-state index contributed by atoms with van der Waals surface area (Å²) in [6, 6.07) is 0. The highest BCUT2D eigenvalue weighted by atomic mass is 16.6. The molecule has 0 aliphatic carbocycles. The van der Waals surface area contributed by atoms with Gasteiger partial charge in [0.15, 0.2) is 0 Å². The Morgan fingerprint density at radius 3 is 1.28 bits per heavy atom. The molecule has 0 saturated heterocycles. The number of hydrogen-bond donors (Lipinski definition) is 0. The Balaban J connectivity index is 4.66. The Bertz CT molecular complexity index is 630. The van der Waals surface area contributed by atoms with Crippen LogP contribution in [0.4, 0.5) is 0 Å². The van der Waals surface area contributed by atoms with Crippen molar-refractivity contribution in [1.29, 1.82) is 0 Å². The molecule has 0 aliphatic rings. The minimum Gasteiger partial charge on any atom is -0.460 e. The predicted octanol–water partition coefficient (Wildman–Crippen LogP) is 2.54. The number of carbonyl (C=O) groups is 3. The molecule has 0 atom stereocenters. The van der Waals surface area contributed by atoms with E-state index >= 15 is 0 Å². The summed E-state index contributed by atoms with van der Waals surface area (Å²) in [5.74, 6) is -1.47. The zero-order chi connectivity index (χ0) is 24.6. The van der Waals surface area contributed by atoms with Gasteiger partial charge in [0.1, 0.15) is 25.4 Å². The molecule has 0 aromatic carbocycles. The molecule has 0 amide bonds. The zero-order valence-corrected chi connectivity index (χ0v) is 19.7. The fourth-order valence-corrected chi connectivity index (χ4v) is 2.10. The lowest BCUT2D eigenvalue weighted by atomic mass is 10.0. The molecule has 0 aromatic rings. The van der Waals surface area contributed by atoms with E-state index in [0.29, 0.717) is 23.1 Å². The average molecular weight is 457 g/mol. The van der Waals surface area contributed by atoms with Gasteiger partial charge in [0.2, 0.25) is 0 Å². The third-order valence-corrected chi connectivity index (χ3v) is 4.07. The van der Waals surface area contributed by atoms with Gasteiger partial charge in [-0.3, -0.25) is 0 Å². The van der Waals surface area contributed by atoms with Crippen molar-refractivity contribution < 1.29 is 42.8 Å². The minimum absolute atomic E-state index is 0.0416. The second-order valence-corrected chi connectivity index (χ2v) is 7.24. The minimum atomic E-state index is -0.841. The van der Waals surface area contributed by atoms with E-state index in [1.807, 2.05) is 6.92 Å². The summed E-state index contributed by atoms with van der Waals surface area (Å²) in [4.78, 5) is 34.3. The van der Waals surface area contributed by atoms with Gasteiger partial charge in [-0.1, -0.05) is 26.7 Å². The van der Waals surface area contributed by atoms with E-state index in [0.717, 1.165) is 0 Å². The molecule has 32 heavy (non-hydrogen) atoms. The van der Waals surface area contributed by atoms with Crippen LogP contribution in [-0.4, -0.2) is 76.4 Å². The highest BCUT2D eigenvalue weighted by Gasteiger charge is 2.30. The fourth-order valence-electron chi connectivity index (χ4n) is 2.10. The largest absolute Gasteiger partial charge is 0.460 e. The summed E-state index contributed by atoms with van der Waals surface area (Å²) in [6.45, 7) is 18.0. The first kappa shape index (κ1) is 29.5. The molecular formula is C23H36O9. The molecule has 0 N–H and O–H groups in total. The summed E-state index contributed by atoms with van der Waals surface area (Å²) in [5.41, 5.74) is 0.0708. The maximum absolute atomic E-state index is 11.5. The maximum Gasteiger partial charge on any atom is 0.333 e. The van der Waals surface area contributed by atoms with Crippen LogP contribution in [0.15, 0.2) is 36.5 Å². The Morgan fingerprint density at radius 2 is 0.969 bits per heavy atom. The molecule has 0 saturated carbocycles. The van der Waals surface area contributed by atoms with Crippen LogP contribution in [-0.2, 0) is 42.8 Å². The Kier molecular flexibility index (Phi) is 14.9. The lowest BCUT2D eigenvalue weighted by Gasteiger charge is -2.32. The summed E-state index contributed by atoms with van der Waals surface area (Å²) in [7, 11) is 0. The van der Waals surface area contributed by atoms with Crippen molar-refractivity contribution in [2.45, 2.75) is 39.7 Å². The Hall–Kier alpha value is -2.49. The second kappa shape index (κ2) is 16.2. The van der Waals surface area contributed by atoms with E-state index < -0.39 is 23.5 Å². The van der Waals surface area contributed by atoms with Gasteiger partial charge >= 0.3 is 17.9 Å². The summed E-state index contributed by atoms with van der Waals surface area (Å²) >= 11 is 0. The molecule has 0 rings (SSSR count). The van der Waals surface area contributed by atoms with Gasteiger partial charge in [-0.15, -0.1) is 0 Å². The molecular weight excluding hydrogens is 420 g/mol. The fraction of sp³-hybridized carbons (Fsp3) is 0.609. The molecule has 0 aromatic heterocycles. The van der Waals surface area contributed by atoms with Crippen molar-refractivity contribution >= 4 is 17.9 Å². The first-order valence-corrected chi connectivity index (χ1v) is 10.3. The van der Waals surface area contributed by atoms with E-state index in [1.165, 1.54) is 0 Å². The number of rotatable bonds is 18. The molecule has 0 bridgehead atoms. The van der Waals surface area contributed by atoms with Crippen LogP contribution in [0, 0.1) is 0 Å². The third-order valence-electron chi connectivity index (χ3n) is 4.07. The summed E-state index contributed by atoms with van der Waals surface area (Å²) in [6.07, 6.45) is 0.526. The van der Waals surface area contributed by atoms with Crippen LogP contribution in [0.3, 0.4) is 0 Å². The highest BCUT2D eigenvalue weighted by molar-refractivity contribution is 5.87. The van der Waals surface area contributed by atoms with E-state index in [9.17, 15) is 14.4 Å². The van der Waals surface area contributed by atoms with Gasteiger partial charge in [-0.05, 0) is 27.2 Å². The van der Waals surface area contributed by atoms with Crippen molar-refractivity contribution in [3.8, 4) is 0 Å². The molecule has 0 aliphatic heterocycles. The quantitative estimate of drug-likeness (QED) is 0.133. The van der Waals surface area contributed by atoms with E-state index in [4.69, 9.17) is 28.4 Å². The number of esters is 3. The van der Waals surface area contributed by atoms with Gasteiger partial charge in [-0.2, -0.15) is 0 Å². The van der Waals surface area contributed by atoms with Crippen molar-refractivity contribution in [3.05, 3.63) is 36.5 Å². The van der Waals surface area contributed by atoms with E-state index in [2.05, 4.69) is 19.7 Å². The standard InChI is InChI=1S/C23H36O9/c1-8-23(32-14-13-31-22(26)19(6)7,15-27-9-11-29-20(24)17(2)3)16-28-10-12-30-21(25)18(4)5/h2,4,6,8-16H2,1,3,5,7H3. The molecule has 9 heteroatoms. The van der Waals surface area contributed by atoms with Crippen LogP contribution in [0.2, 0.25) is 0 Å². The van der Waals surface area contributed by atoms with Crippen LogP contribution < -0.4 is 0 Å². The molecule has 0 radical (unpaired) electrons. The number of hydrogen-bond acceptors (Lipinski definition) is 9. The Labute approximate surface area is 190 Å². The topological polar surface area (TPSA) is 107 Å². The molecule has 0 spiro atoms. The molecule has 0 fully saturated rings. The van der Waals surface area contributed by atoms with E-state index in [-0.39, 0.29) is 52.9 Å². The molecule has 9 nitrogen and oxygen atoms in total. The van der Waals surface area contributed by atoms with Crippen molar-refractivity contribution in [3.63, 3.8) is 0 Å². The molecule has 0 unspecified atom stereocenters. The molecule has 182 valence electrons. The summed E-state index contributed by atoms with van der Waals surface area (Å²) in [5, 5.41) is 0. The zero-order valence-electron chi connectivity index (χ0n) is 19.7. The SMILES string of the molecule is C=C(C)C(=O)OCCOCC(CC)(COCCOC(=O)C(=C)C)OCCOC(=O)C(=C)C. The van der Waals surface area contributed by atoms with Crippen LogP contribution in [0.25, 0.3) is 0 Å². The van der Waals surface area contributed by atoms with Gasteiger partial charge in [-0.25, -0.2) is 14.4 Å². The lowest BCUT2D eigenvalue weighted by molar-refractivity contribution is -0.162. The second-order valence-electron chi connectivity index (χ2n) is 7.24. The van der Waals surface area contributed by atoms with Crippen LogP contribution in [0.1, 0.15) is 34.1 Å². The van der Waals surface area contributed by atoms with Crippen molar-refractivity contribution in [2.24, 2.45) is 0 Å². The Morgan fingerprint density at radius 1 is 0.625 bits per heavy atom. The van der Waals surface area contributed by atoms with Crippen molar-refractivity contribution in [1.82, 2.24) is 0 Å². The maximum atomic E-state index is 11.5. The first-order chi connectivity index (χ1) is 15.0. The van der Waals surface area contributed by atoms with Gasteiger partial charge in [0.25, 0.3) is 0 Å². The van der Waals surface area contributed by atoms with Crippen LogP contribution in [0.5, 0.6) is 0 Å². The third kappa shape index (κ3) is 13.0. The van der Waals surface area contributed by atoms with Crippen molar-refractivity contribution in [2.75, 3.05) is 52.9 Å². The van der Waals surface area contributed by atoms with Crippen LogP contribution >= 0.6 is 0 Å². The van der Waals surface area contributed by atoms with Gasteiger partial charge in [0.05, 0.1) is 33.0 Å². The smallest absolute Gasteiger partial charge is 0.333 e. The number of carbonyl (C=O) groups excluding carboxylic acids is 3. The van der Waals surface area contributed by atoms with Gasteiger partial charge in [0, 0.05) is 16.7 Å². The summed E-state index contributed by atoms with van der Waals surface area (Å²) < 4.78 is 32.2. The molecule has 0 heterocycles. The highest BCUT2D eigenvalue weighted by Crippen LogP contribution is 2.18. The lowest BCUT2D eigenvalue weighted by Crippen LogP contribution is -2.43. The van der Waals surface area contributed by atoms with Gasteiger partial charge < -0.3 is 28.4 Å². The average Bonchev–Trinajstić information content (AvgIpc) is 2.74.